The lowest BCUT2D eigenvalue weighted by Crippen LogP contribution is -2.32. The summed E-state index contributed by atoms with van der Waals surface area (Å²) in [6.45, 7) is 2.25. The van der Waals surface area contributed by atoms with Gasteiger partial charge in [-0.2, -0.15) is 0 Å². The fraction of sp³-hybridized carbons (Fsp3) is 0.429. The fourth-order valence-corrected chi connectivity index (χ4v) is 4.16. The van der Waals surface area contributed by atoms with Gasteiger partial charge in [0, 0.05) is 10.6 Å². The van der Waals surface area contributed by atoms with Gasteiger partial charge in [-0.15, -0.1) is 11.8 Å². The highest BCUT2D eigenvalue weighted by Gasteiger charge is 2.40. The molecule has 4 heteroatoms. The first kappa shape index (κ1) is 18.6. The third-order valence-electron chi connectivity index (χ3n) is 4.58. The Hall–Kier alpha value is -1.23. The van der Waals surface area contributed by atoms with Crippen LogP contribution >= 0.6 is 11.8 Å². The second-order valence-electron chi connectivity index (χ2n) is 6.57. The van der Waals surface area contributed by atoms with E-state index in [1.807, 2.05) is 30.0 Å². The van der Waals surface area contributed by atoms with Gasteiger partial charge in [0.1, 0.15) is 0 Å². The van der Waals surface area contributed by atoms with E-state index >= 15 is 0 Å². The Kier molecular flexibility index (Phi) is 7.46. The minimum Gasteiger partial charge on any atom is -0.402 e. The van der Waals surface area contributed by atoms with Crippen molar-refractivity contribution in [2.24, 2.45) is 0 Å². The van der Waals surface area contributed by atoms with Gasteiger partial charge < -0.3 is 9.31 Å². The first-order valence-electron chi connectivity index (χ1n) is 9.40. The van der Waals surface area contributed by atoms with Crippen LogP contribution in [0.5, 0.6) is 0 Å². The molecule has 2 atom stereocenters. The molecular weight excluding hydrogens is 327 g/mol. The van der Waals surface area contributed by atoms with E-state index in [9.17, 15) is 0 Å². The van der Waals surface area contributed by atoms with E-state index < -0.39 is 0 Å². The number of hydrogen-bond donors (Lipinski definition) is 0. The maximum Gasteiger partial charge on any atom is 0.494 e. The molecule has 0 radical (unpaired) electrons. The third-order valence-corrected chi connectivity index (χ3v) is 5.68. The summed E-state index contributed by atoms with van der Waals surface area (Å²) in [7, 11) is -0.223. The Morgan fingerprint density at radius 2 is 1.52 bits per heavy atom. The molecule has 3 rings (SSSR count). The van der Waals surface area contributed by atoms with E-state index in [1.54, 1.807) is 0 Å². The Morgan fingerprint density at radius 3 is 2.24 bits per heavy atom. The molecule has 1 heterocycles. The molecule has 0 aliphatic carbocycles. The molecule has 2 nitrogen and oxygen atoms in total. The van der Waals surface area contributed by atoms with Gasteiger partial charge in [-0.1, -0.05) is 81.1 Å². The molecular formula is C21H27BO2S. The Balaban J connectivity index is 1.59. The molecule has 0 N–H and O–H groups in total. The minimum atomic E-state index is -0.223. The second-order valence-corrected chi connectivity index (χ2v) is 7.66. The van der Waals surface area contributed by atoms with Crippen molar-refractivity contribution >= 4 is 24.3 Å². The quantitative estimate of drug-likeness (QED) is 0.361. The Morgan fingerprint density at radius 1 is 0.840 bits per heavy atom. The number of hydrogen-bond acceptors (Lipinski definition) is 3. The first-order chi connectivity index (χ1) is 12.4. The number of unbranched alkanes of at least 4 members (excludes halogenated alkanes) is 3. The van der Waals surface area contributed by atoms with Crippen molar-refractivity contribution in [2.75, 3.05) is 5.75 Å². The lowest BCUT2D eigenvalue weighted by molar-refractivity contribution is 0.161. The van der Waals surface area contributed by atoms with Gasteiger partial charge in [-0.05, 0) is 24.0 Å². The van der Waals surface area contributed by atoms with E-state index in [2.05, 4.69) is 49.4 Å². The summed E-state index contributed by atoms with van der Waals surface area (Å²) in [5.41, 5.74) is 1.12. The van der Waals surface area contributed by atoms with Crippen molar-refractivity contribution in [1.82, 2.24) is 0 Å². The largest absolute Gasteiger partial charge is 0.494 e. The van der Waals surface area contributed by atoms with E-state index in [4.69, 9.17) is 9.31 Å². The molecule has 2 aromatic carbocycles. The van der Waals surface area contributed by atoms with Crippen LogP contribution in [0, 0.1) is 0 Å². The van der Waals surface area contributed by atoms with Crippen LogP contribution in [-0.2, 0) is 9.31 Å². The second kappa shape index (κ2) is 10.1. The summed E-state index contributed by atoms with van der Waals surface area (Å²) in [6, 6.07) is 20.8. The lowest BCUT2D eigenvalue weighted by atomic mass is 9.79. The topological polar surface area (TPSA) is 18.5 Å². The minimum absolute atomic E-state index is 0.150. The van der Waals surface area contributed by atoms with Crippen LogP contribution in [0.2, 0.25) is 0 Å². The van der Waals surface area contributed by atoms with Crippen LogP contribution in [0.15, 0.2) is 65.6 Å². The predicted molar refractivity (Wildman–Crippen MR) is 108 cm³/mol. The predicted octanol–water partition coefficient (Wildman–Crippen LogP) is 4.93. The van der Waals surface area contributed by atoms with Crippen LogP contribution in [-0.4, -0.2) is 25.1 Å². The third kappa shape index (κ3) is 5.63. The number of rotatable bonds is 9. The highest BCUT2D eigenvalue weighted by molar-refractivity contribution is 7.99. The van der Waals surface area contributed by atoms with Gasteiger partial charge >= 0.3 is 7.12 Å². The van der Waals surface area contributed by atoms with Crippen LogP contribution < -0.4 is 5.46 Å². The summed E-state index contributed by atoms with van der Waals surface area (Å²) in [4.78, 5) is 1.29. The van der Waals surface area contributed by atoms with Gasteiger partial charge in [0.25, 0.3) is 0 Å². The zero-order valence-electron chi connectivity index (χ0n) is 15.0. The van der Waals surface area contributed by atoms with Gasteiger partial charge in [0.2, 0.25) is 0 Å². The molecule has 0 aromatic heterocycles. The van der Waals surface area contributed by atoms with Gasteiger partial charge in [-0.3, -0.25) is 0 Å². The number of benzene rings is 2. The van der Waals surface area contributed by atoms with Crippen LogP contribution in [0.4, 0.5) is 0 Å². The molecule has 25 heavy (non-hydrogen) atoms. The first-order valence-corrected chi connectivity index (χ1v) is 10.4. The van der Waals surface area contributed by atoms with E-state index in [1.165, 1.54) is 30.6 Å². The van der Waals surface area contributed by atoms with Gasteiger partial charge in [-0.25, -0.2) is 0 Å². The normalized spacial score (nSPS) is 20.1. The number of thioether (sulfide) groups is 1. The zero-order valence-corrected chi connectivity index (χ0v) is 15.8. The summed E-state index contributed by atoms with van der Waals surface area (Å²) >= 11 is 1.86. The monoisotopic (exact) mass is 354 g/mol. The molecule has 0 spiro atoms. The summed E-state index contributed by atoms with van der Waals surface area (Å²) in [5.74, 6) is 0.936. The summed E-state index contributed by atoms with van der Waals surface area (Å²) in [5, 5.41) is 0. The lowest BCUT2D eigenvalue weighted by Gasteiger charge is -2.18. The molecule has 1 aliphatic rings. The van der Waals surface area contributed by atoms with Crippen molar-refractivity contribution in [3.05, 3.63) is 60.7 Å². The van der Waals surface area contributed by atoms with Crippen LogP contribution in [0.25, 0.3) is 0 Å². The molecule has 1 aliphatic heterocycles. The molecule has 0 amide bonds. The van der Waals surface area contributed by atoms with Gasteiger partial charge in [0.15, 0.2) is 0 Å². The molecule has 1 fully saturated rings. The molecule has 2 aromatic rings. The fourth-order valence-electron chi connectivity index (χ4n) is 3.16. The Bertz CT molecular complexity index is 608. The smallest absolute Gasteiger partial charge is 0.402 e. The Labute approximate surface area is 156 Å². The van der Waals surface area contributed by atoms with Crippen molar-refractivity contribution in [3.63, 3.8) is 0 Å². The standard InChI is InChI=1S/C21H27BO2S/c1-2-3-4-11-16-20-21(17-25-19-14-9-6-10-15-19)24-22(23-20)18-12-7-5-8-13-18/h5-10,12-15,20-21H,2-4,11,16-17H2,1H3/t20-,21-/m1/s1. The molecule has 0 bridgehead atoms. The van der Waals surface area contributed by atoms with E-state index in [-0.39, 0.29) is 19.3 Å². The van der Waals surface area contributed by atoms with Crippen molar-refractivity contribution in [1.29, 1.82) is 0 Å². The average molecular weight is 354 g/mol. The van der Waals surface area contributed by atoms with Crippen LogP contribution in [0.3, 0.4) is 0 Å². The molecule has 1 saturated heterocycles. The van der Waals surface area contributed by atoms with Crippen LogP contribution in [0.1, 0.15) is 39.0 Å². The zero-order chi connectivity index (χ0) is 17.3. The maximum absolute atomic E-state index is 6.30. The van der Waals surface area contributed by atoms with Crippen molar-refractivity contribution < 1.29 is 9.31 Å². The molecule has 0 saturated carbocycles. The highest BCUT2D eigenvalue weighted by atomic mass is 32.2. The van der Waals surface area contributed by atoms with Crippen molar-refractivity contribution in [2.45, 2.75) is 56.1 Å². The molecule has 132 valence electrons. The maximum atomic E-state index is 6.30. The van der Waals surface area contributed by atoms with E-state index in [0.29, 0.717) is 0 Å². The summed E-state index contributed by atoms with van der Waals surface area (Å²) < 4.78 is 12.6. The average Bonchev–Trinajstić information content (AvgIpc) is 3.08. The molecule has 0 unspecified atom stereocenters. The summed E-state index contributed by atoms with van der Waals surface area (Å²) in [6.07, 6.45) is 6.50. The SMILES string of the molecule is CCCCCC[C@H]1OB(c2ccccc2)O[C@@H]1CSc1ccccc1. The van der Waals surface area contributed by atoms with E-state index in [0.717, 1.165) is 17.6 Å². The van der Waals surface area contributed by atoms with Crippen molar-refractivity contribution in [3.8, 4) is 0 Å². The highest BCUT2D eigenvalue weighted by Crippen LogP contribution is 2.28. The van der Waals surface area contributed by atoms with Gasteiger partial charge in [0.05, 0.1) is 12.2 Å².